The summed E-state index contributed by atoms with van der Waals surface area (Å²) in [5, 5.41) is 18.0. The molecule has 0 aliphatic carbocycles. The van der Waals surface area contributed by atoms with Crippen LogP contribution in [0.4, 0.5) is 0 Å². The van der Waals surface area contributed by atoms with Crippen molar-refractivity contribution < 1.29 is 14.3 Å². The van der Waals surface area contributed by atoms with Crippen LogP contribution in [0.5, 0.6) is 11.5 Å². The van der Waals surface area contributed by atoms with Gasteiger partial charge >= 0.3 is 0 Å². The molecule has 5 heteroatoms. The van der Waals surface area contributed by atoms with Gasteiger partial charge in [0.15, 0.2) is 19.0 Å². The van der Waals surface area contributed by atoms with Crippen molar-refractivity contribution in [1.29, 1.82) is 10.5 Å². The summed E-state index contributed by atoms with van der Waals surface area (Å²) in [6.07, 6.45) is 3.41. The molecule has 0 radical (unpaired) electrons. The molecule has 3 aromatic carbocycles. The van der Waals surface area contributed by atoms with Crippen molar-refractivity contribution >= 4 is 11.4 Å². The lowest BCUT2D eigenvalue weighted by molar-refractivity contribution is -0.115. The summed E-state index contributed by atoms with van der Waals surface area (Å²) in [4.78, 5) is 13.6. The van der Waals surface area contributed by atoms with E-state index in [0.29, 0.717) is 24.3 Å². The second kappa shape index (κ2) is 14.3. The number of hydrogen-bond acceptors (Lipinski definition) is 5. The van der Waals surface area contributed by atoms with Crippen molar-refractivity contribution in [2.45, 2.75) is 46.0 Å². The number of benzene rings is 3. The molecule has 0 aliphatic heterocycles. The van der Waals surface area contributed by atoms with Crippen molar-refractivity contribution in [2.75, 3.05) is 13.2 Å². The van der Waals surface area contributed by atoms with Crippen LogP contribution in [0.1, 0.15) is 48.4 Å². The molecular formula is C32H32N2O3. The van der Waals surface area contributed by atoms with Gasteiger partial charge < -0.3 is 9.47 Å². The number of carbonyl (C=O) groups excluding carboxylic acids is 1. The molecule has 0 bridgehead atoms. The quantitative estimate of drug-likeness (QED) is 0.245. The fourth-order valence-corrected chi connectivity index (χ4v) is 4.48. The highest BCUT2D eigenvalue weighted by Crippen LogP contribution is 2.37. The number of allylic oxidation sites excluding steroid dienone is 2. The Balaban J connectivity index is 1.95. The van der Waals surface area contributed by atoms with Gasteiger partial charge in [-0.15, -0.1) is 0 Å². The monoisotopic (exact) mass is 492 g/mol. The molecule has 0 aromatic heterocycles. The highest BCUT2D eigenvalue weighted by atomic mass is 16.5. The van der Waals surface area contributed by atoms with Crippen LogP contribution in [0.3, 0.4) is 0 Å². The van der Waals surface area contributed by atoms with Crippen molar-refractivity contribution in [3.05, 3.63) is 101 Å². The SMILES string of the molecule is C/C(=C(\CCc1ccccc1)C(=O)CCCc1ccccc1)c1c(C)cc(OCC#N)cc1OCC#N. The Labute approximate surface area is 219 Å². The summed E-state index contributed by atoms with van der Waals surface area (Å²) in [6, 6.07) is 27.8. The van der Waals surface area contributed by atoms with E-state index >= 15 is 0 Å². The van der Waals surface area contributed by atoms with Crippen LogP contribution in [0, 0.1) is 29.6 Å². The Morgan fingerprint density at radius 2 is 1.41 bits per heavy atom. The molecular weight excluding hydrogens is 460 g/mol. The number of nitrogens with zero attached hydrogens (tertiary/aromatic N) is 2. The minimum Gasteiger partial charge on any atom is -0.479 e. The number of rotatable bonds is 13. The highest BCUT2D eigenvalue weighted by molar-refractivity contribution is 6.03. The van der Waals surface area contributed by atoms with Crippen molar-refractivity contribution in [3.8, 4) is 23.6 Å². The molecule has 37 heavy (non-hydrogen) atoms. The zero-order valence-electron chi connectivity index (χ0n) is 21.5. The molecule has 0 saturated heterocycles. The lowest BCUT2D eigenvalue weighted by atomic mass is 9.89. The zero-order valence-corrected chi connectivity index (χ0v) is 21.5. The van der Waals surface area contributed by atoms with Gasteiger partial charge in [0.1, 0.15) is 23.6 Å². The molecule has 0 atom stereocenters. The van der Waals surface area contributed by atoms with E-state index in [2.05, 4.69) is 24.3 Å². The molecule has 0 spiro atoms. The van der Waals surface area contributed by atoms with E-state index < -0.39 is 0 Å². The summed E-state index contributed by atoms with van der Waals surface area (Å²) >= 11 is 0. The van der Waals surface area contributed by atoms with Crippen molar-refractivity contribution in [1.82, 2.24) is 0 Å². The topological polar surface area (TPSA) is 83.1 Å². The van der Waals surface area contributed by atoms with Crippen LogP contribution >= 0.6 is 0 Å². The Kier molecular flexibility index (Phi) is 10.5. The fourth-order valence-electron chi connectivity index (χ4n) is 4.48. The van der Waals surface area contributed by atoms with Crippen molar-refractivity contribution in [2.24, 2.45) is 0 Å². The molecule has 0 amide bonds. The van der Waals surface area contributed by atoms with E-state index in [1.807, 2.05) is 68.5 Å². The number of aryl methyl sites for hydroxylation is 3. The van der Waals surface area contributed by atoms with Crippen LogP contribution in [-0.2, 0) is 17.6 Å². The number of Topliss-reactive ketones (excluding diaryl/α,β-unsaturated/α-hetero) is 1. The largest absolute Gasteiger partial charge is 0.479 e. The molecule has 3 aromatic rings. The Morgan fingerprint density at radius 1 is 0.811 bits per heavy atom. The third kappa shape index (κ3) is 8.09. The van der Waals surface area contributed by atoms with Gasteiger partial charge in [0, 0.05) is 18.1 Å². The number of carbonyl (C=O) groups is 1. The highest BCUT2D eigenvalue weighted by Gasteiger charge is 2.20. The van der Waals surface area contributed by atoms with Crippen LogP contribution in [0.15, 0.2) is 78.4 Å². The van der Waals surface area contributed by atoms with Gasteiger partial charge in [-0.05, 0) is 73.4 Å². The second-order valence-corrected chi connectivity index (χ2v) is 8.86. The Bertz CT molecular complexity index is 1300. The summed E-state index contributed by atoms with van der Waals surface area (Å²) in [5.74, 6) is 1.09. The van der Waals surface area contributed by atoms with Gasteiger partial charge in [-0.1, -0.05) is 60.7 Å². The van der Waals surface area contributed by atoms with Gasteiger partial charge in [-0.3, -0.25) is 4.79 Å². The summed E-state index contributed by atoms with van der Waals surface area (Å²) < 4.78 is 11.3. The normalized spacial score (nSPS) is 11.1. The minimum atomic E-state index is -0.133. The molecule has 0 aliphatic rings. The van der Waals surface area contributed by atoms with E-state index in [1.54, 1.807) is 6.07 Å². The van der Waals surface area contributed by atoms with Gasteiger partial charge in [0.2, 0.25) is 0 Å². The van der Waals surface area contributed by atoms with E-state index in [-0.39, 0.29) is 19.0 Å². The van der Waals surface area contributed by atoms with E-state index in [9.17, 15) is 4.79 Å². The molecule has 0 heterocycles. The van der Waals surface area contributed by atoms with Crippen LogP contribution < -0.4 is 9.47 Å². The van der Waals surface area contributed by atoms with Gasteiger partial charge in [0.05, 0.1) is 0 Å². The standard InChI is InChI=1S/C32H32N2O3/c1-24-22-28(36-20-18-33)23-31(37-21-19-34)32(24)25(2)29(17-16-27-12-7-4-8-13-27)30(35)15-9-14-26-10-5-3-6-11-26/h3-8,10-13,22-23H,9,14-17,20-21H2,1-2H3/b29-25-. The van der Waals surface area contributed by atoms with E-state index in [4.69, 9.17) is 20.0 Å². The van der Waals surface area contributed by atoms with Crippen molar-refractivity contribution in [3.63, 3.8) is 0 Å². The minimum absolute atomic E-state index is 0.0898. The molecule has 3 rings (SSSR count). The maximum Gasteiger partial charge on any atom is 0.174 e. The molecule has 0 saturated carbocycles. The summed E-state index contributed by atoms with van der Waals surface area (Å²) in [7, 11) is 0. The lowest BCUT2D eigenvalue weighted by Crippen LogP contribution is -2.09. The first kappa shape index (κ1) is 27.2. The first-order valence-electron chi connectivity index (χ1n) is 12.5. The van der Waals surface area contributed by atoms with Crippen LogP contribution in [0.25, 0.3) is 5.57 Å². The number of hydrogen-bond donors (Lipinski definition) is 0. The fraction of sp³-hybridized carbons (Fsp3) is 0.281. The third-order valence-electron chi connectivity index (χ3n) is 6.25. The maximum atomic E-state index is 13.6. The Morgan fingerprint density at radius 3 is 2.03 bits per heavy atom. The van der Waals surface area contributed by atoms with E-state index in [1.165, 1.54) is 11.1 Å². The molecule has 188 valence electrons. The third-order valence-corrected chi connectivity index (χ3v) is 6.25. The van der Waals surface area contributed by atoms with Gasteiger partial charge in [0.25, 0.3) is 0 Å². The molecule has 0 N–H and O–H groups in total. The molecule has 5 nitrogen and oxygen atoms in total. The average molecular weight is 493 g/mol. The Hall–Kier alpha value is -4.35. The number of nitriles is 2. The predicted octanol–water partition coefficient (Wildman–Crippen LogP) is 6.80. The van der Waals surface area contributed by atoms with E-state index in [0.717, 1.165) is 41.5 Å². The molecule has 0 unspecified atom stereocenters. The zero-order chi connectivity index (χ0) is 26.5. The summed E-state index contributed by atoms with van der Waals surface area (Å²) in [6.45, 7) is 3.65. The maximum absolute atomic E-state index is 13.6. The number of ketones is 1. The first-order valence-corrected chi connectivity index (χ1v) is 12.5. The second-order valence-electron chi connectivity index (χ2n) is 8.86. The predicted molar refractivity (Wildman–Crippen MR) is 145 cm³/mol. The average Bonchev–Trinajstić information content (AvgIpc) is 2.91. The van der Waals surface area contributed by atoms with Gasteiger partial charge in [-0.2, -0.15) is 10.5 Å². The molecule has 0 fully saturated rings. The number of ether oxygens (including phenoxy) is 2. The summed E-state index contributed by atoms with van der Waals surface area (Å²) in [5.41, 5.74) is 5.65. The van der Waals surface area contributed by atoms with Crippen LogP contribution in [0.2, 0.25) is 0 Å². The first-order chi connectivity index (χ1) is 18.0. The lowest BCUT2D eigenvalue weighted by Gasteiger charge is -2.19. The van der Waals surface area contributed by atoms with Gasteiger partial charge in [-0.25, -0.2) is 0 Å². The smallest absolute Gasteiger partial charge is 0.174 e. The van der Waals surface area contributed by atoms with Crippen LogP contribution in [-0.4, -0.2) is 19.0 Å².